The number of carbonyl (C=O) groups excluding carboxylic acids is 1. The highest BCUT2D eigenvalue weighted by Crippen LogP contribution is 2.38. The van der Waals surface area contributed by atoms with E-state index in [1.165, 1.54) is 19.2 Å². The maximum atomic E-state index is 14.3. The topological polar surface area (TPSA) is 92.9 Å². The van der Waals surface area contributed by atoms with Gasteiger partial charge in [0, 0.05) is 18.7 Å². The maximum absolute atomic E-state index is 14.3. The second-order valence-electron chi connectivity index (χ2n) is 6.43. The average Bonchev–Trinajstić information content (AvgIpc) is 3.33. The molecule has 25 heavy (non-hydrogen) atoms. The van der Waals surface area contributed by atoms with Crippen LogP contribution in [0.15, 0.2) is 18.5 Å². The van der Waals surface area contributed by atoms with Gasteiger partial charge in [-0.15, -0.1) is 0 Å². The van der Waals surface area contributed by atoms with E-state index < -0.39 is 28.9 Å². The molecule has 1 aromatic heterocycles. The zero-order chi connectivity index (χ0) is 17.6. The highest BCUT2D eigenvalue weighted by molar-refractivity contribution is 6.04. The van der Waals surface area contributed by atoms with E-state index in [0.29, 0.717) is 23.1 Å². The number of Topliss-reactive ketones (excluding diaryl/α,β-unsaturated/α-hetero) is 1. The van der Waals surface area contributed by atoms with Crippen molar-refractivity contribution in [2.24, 2.45) is 5.92 Å². The molecule has 130 valence electrons. The molecule has 1 unspecified atom stereocenters. The lowest BCUT2D eigenvalue weighted by Gasteiger charge is -2.15. The Bertz CT molecular complexity index is 853. The van der Waals surface area contributed by atoms with Crippen LogP contribution in [0.4, 0.5) is 26.1 Å². The van der Waals surface area contributed by atoms with E-state index in [1.807, 2.05) is 0 Å². The number of fused-ring (bicyclic) bond motifs is 1. The number of hydrogen-bond donors (Lipinski definition) is 3. The summed E-state index contributed by atoms with van der Waals surface area (Å²) in [7, 11) is 0. The summed E-state index contributed by atoms with van der Waals surface area (Å²) >= 11 is 0. The minimum absolute atomic E-state index is 0.207. The van der Waals surface area contributed by atoms with Crippen molar-refractivity contribution >= 4 is 23.1 Å². The number of halogens is 2. The Balaban J connectivity index is 1.70. The van der Waals surface area contributed by atoms with Gasteiger partial charge in [-0.05, 0) is 30.9 Å². The fourth-order valence-electron chi connectivity index (χ4n) is 3.06. The molecule has 6 nitrogen and oxygen atoms in total. The Labute approximate surface area is 142 Å². The fraction of sp³-hybridized carbons (Fsp3) is 0.353. The summed E-state index contributed by atoms with van der Waals surface area (Å²) in [6.07, 6.45) is 3.73. The first-order chi connectivity index (χ1) is 12.1. The quantitative estimate of drug-likeness (QED) is 0.570. The van der Waals surface area contributed by atoms with E-state index in [4.69, 9.17) is 5.73 Å². The molecule has 1 aliphatic carbocycles. The molecule has 1 aliphatic heterocycles. The number of rotatable bonds is 5. The molecule has 2 aliphatic rings. The van der Waals surface area contributed by atoms with E-state index in [2.05, 4.69) is 20.6 Å². The maximum Gasteiger partial charge on any atom is 0.178 e. The summed E-state index contributed by atoms with van der Waals surface area (Å²) in [5, 5.41) is 6.24. The molecule has 1 fully saturated rings. The van der Waals surface area contributed by atoms with Crippen molar-refractivity contribution in [3.8, 4) is 0 Å². The molecule has 1 saturated carbocycles. The lowest BCUT2D eigenvalue weighted by Crippen LogP contribution is -2.20. The average molecular weight is 345 g/mol. The highest BCUT2D eigenvalue weighted by Gasteiger charge is 2.36. The van der Waals surface area contributed by atoms with Crippen molar-refractivity contribution < 1.29 is 13.6 Å². The second-order valence-corrected chi connectivity index (χ2v) is 6.43. The summed E-state index contributed by atoms with van der Waals surface area (Å²) < 4.78 is 28.3. The van der Waals surface area contributed by atoms with Gasteiger partial charge in [-0.1, -0.05) is 0 Å². The van der Waals surface area contributed by atoms with Crippen LogP contribution in [0.2, 0.25) is 0 Å². The van der Waals surface area contributed by atoms with Gasteiger partial charge in [0.15, 0.2) is 11.6 Å². The molecule has 0 amide bonds. The first-order valence-electron chi connectivity index (χ1n) is 8.16. The van der Waals surface area contributed by atoms with Crippen molar-refractivity contribution in [1.29, 1.82) is 0 Å². The number of nitrogens with zero attached hydrogens (tertiary/aromatic N) is 2. The van der Waals surface area contributed by atoms with Crippen molar-refractivity contribution in [1.82, 2.24) is 9.97 Å². The Morgan fingerprint density at radius 1 is 1.32 bits per heavy atom. The van der Waals surface area contributed by atoms with Gasteiger partial charge in [0.2, 0.25) is 0 Å². The van der Waals surface area contributed by atoms with Crippen LogP contribution in [-0.2, 0) is 0 Å². The van der Waals surface area contributed by atoms with Gasteiger partial charge in [-0.25, -0.2) is 18.7 Å². The molecule has 2 heterocycles. The van der Waals surface area contributed by atoms with Gasteiger partial charge < -0.3 is 16.4 Å². The van der Waals surface area contributed by atoms with E-state index in [1.54, 1.807) is 0 Å². The number of anilines is 3. The molecule has 2 aromatic rings. The Hall–Kier alpha value is -2.77. The van der Waals surface area contributed by atoms with Gasteiger partial charge >= 0.3 is 0 Å². The lowest BCUT2D eigenvalue weighted by atomic mass is 9.92. The normalized spacial score (nSPS) is 18.6. The number of ketones is 1. The number of carbonyl (C=O) groups is 1. The summed E-state index contributed by atoms with van der Waals surface area (Å²) in [6.45, 7) is 0.962. The first kappa shape index (κ1) is 15.7. The van der Waals surface area contributed by atoms with E-state index in [9.17, 15) is 13.6 Å². The molecular weight excluding hydrogens is 328 g/mol. The molecule has 0 spiro atoms. The minimum Gasteiger partial charge on any atom is -0.396 e. The van der Waals surface area contributed by atoms with Gasteiger partial charge in [0.25, 0.3) is 0 Å². The zero-order valence-corrected chi connectivity index (χ0v) is 13.4. The van der Waals surface area contributed by atoms with E-state index in [-0.39, 0.29) is 12.2 Å². The van der Waals surface area contributed by atoms with E-state index in [0.717, 1.165) is 18.7 Å². The fourth-order valence-corrected chi connectivity index (χ4v) is 3.06. The summed E-state index contributed by atoms with van der Waals surface area (Å²) in [5.74, 6) is -1.74. The third-order valence-electron chi connectivity index (χ3n) is 4.64. The number of nitrogen functional groups attached to an aromatic ring is 1. The lowest BCUT2D eigenvalue weighted by molar-refractivity contribution is 0.0958. The van der Waals surface area contributed by atoms with Gasteiger partial charge in [-0.2, -0.15) is 0 Å². The summed E-state index contributed by atoms with van der Waals surface area (Å²) in [6, 6.07) is 2.11. The largest absolute Gasteiger partial charge is 0.396 e. The van der Waals surface area contributed by atoms with Crippen LogP contribution >= 0.6 is 0 Å². The third kappa shape index (κ3) is 2.77. The van der Waals surface area contributed by atoms with Gasteiger partial charge in [-0.3, -0.25) is 4.79 Å². The minimum atomic E-state index is -1.03. The van der Waals surface area contributed by atoms with Crippen LogP contribution in [0, 0.1) is 17.6 Å². The molecule has 4 rings (SSSR count). The van der Waals surface area contributed by atoms with Crippen molar-refractivity contribution in [3.05, 3.63) is 41.2 Å². The molecule has 0 bridgehead atoms. The number of aromatic nitrogens is 2. The molecule has 0 saturated heterocycles. The van der Waals surface area contributed by atoms with Crippen LogP contribution in [0.5, 0.6) is 0 Å². The van der Waals surface area contributed by atoms with Crippen LogP contribution in [0.3, 0.4) is 0 Å². The molecule has 4 N–H and O–H groups in total. The van der Waals surface area contributed by atoms with Crippen LogP contribution in [0.25, 0.3) is 0 Å². The monoisotopic (exact) mass is 345 g/mol. The Kier molecular flexibility index (Phi) is 3.74. The van der Waals surface area contributed by atoms with E-state index >= 15 is 0 Å². The Morgan fingerprint density at radius 2 is 2.12 bits per heavy atom. The standard InChI is InChI=1S/C17H17F2N5O/c18-10-3-4-11(20)14(19)13(10)15(25)9-6-22-17-12(9)16(23-7-24-17)21-5-8-1-2-8/h3-4,7-9H,1-2,5-6,20H2,(H2,21,22,23,24). The molecule has 1 atom stereocenters. The second kappa shape index (κ2) is 5.94. The number of hydrogen-bond acceptors (Lipinski definition) is 6. The molecular formula is C17H17F2N5O. The molecule has 8 heteroatoms. The van der Waals surface area contributed by atoms with Gasteiger partial charge in [0.05, 0.1) is 17.2 Å². The Morgan fingerprint density at radius 3 is 2.88 bits per heavy atom. The van der Waals surface area contributed by atoms with Crippen LogP contribution in [-0.4, -0.2) is 28.8 Å². The van der Waals surface area contributed by atoms with Crippen LogP contribution < -0.4 is 16.4 Å². The van der Waals surface area contributed by atoms with Crippen molar-refractivity contribution in [2.75, 3.05) is 29.5 Å². The third-order valence-corrected chi connectivity index (χ3v) is 4.64. The highest BCUT2D eigenvalue weighted by atomic mass is 19.1. The molecule has 1 aromatic carbocycles. The SMILES string of the molecule is Nc1ccc(F)c(C(=O)C2CNc3ncnc(NCC4CC4)c32)c1F. The van der Waals surface area contributed by atoms with Crippen molar-refractivity contribution in [3.63, 3.8) is 0 Å². The predicted octanol–water partition coefficient (Wildman–Crippen LogP) is 2.55. The van der Waals surface area contributed by atoms with Crippen molar-refractivity contribution in [2.45, 2.75) is 18.8 Å². The zero-order valence-electron chi connectivity index (χ0n) is 13.4. The number of benzene rings is 1. The molecule has 0 radical (unpaired) electrons. The number of nitrogens with two attached hydrogens (primary N) is 1. The number of nitrogens with one attached hydrogen (secondary N) is 2. The van der Waals surface area contributed by atoms with Crippen LogP contribution in [0.1, 0.15) is 34.7 Å². The first-order valence-corrected chi connectivity index (χ1v) is 8.16. The smallest absolute Gasteiger partial charge is 0.178 e. The van der Waals surface area contributed by atoms with Gasteiger partial charge in [0.1, 0.15) is 23.8 Å². The summed E-state index contributed by atoms with van der Waals surface area (Å²) in [4.78, 5) is 21.2. The predicted molar refractivity (Wildman–Crippen MR) is 89.6 cm³/mol. The summed E-state index contributed by atoms with van der Waals surface area (Å²) in [5.41, 5.74) is 5.17.